The third-order valence-electron chi connectivity index (χ3n) is 4.12. The molecule has 1 amide bonds. The Labute approximate surface area is 120 Å². The van der Waals surface area contributed by atoms with Crippen molar-refractivity contribution in [1.29, 1.82) is 0 Å². The lowest BCUT2D eigenvalue weighted by molar-refractivity contribution is -0.124. The van der Waals surface area contributed by atoms with E-state index in [-0.39, 0.29) is 30.4 Å². The Morgan fingerprint density at radius 2 is 2.10 bits per heavy atom. The van der Waals surface area contributed by atoms with Gasteiger partial charge in [0.15, 0.2) is 0 Å². The molecule has 0 bridgehead atoms. The van der Waals surface area contributed by atoms with Crippen LogP contribution in [0.3, 0.4) is 0 Å². The van der Waals surface area contributed by atoms with Gasteiger partial charge in [-0.3, -0.25) is 4.79 Å². The van der Waals surface area contributed by atoms with Crippen LogP contribution >= 0.6 is 0 Å². The van der Waals surface area contributed by atoms with Crippen LogP contribution in [0.4, 0.5) is 0 Å². The molecule has 1 aromatic carbocycles. The maximum Gasteiger partial charge on any atom is 0.223 e. The normalized spacial score (nSPS) is 23.5. The minimum Gasteiger partial charge on any atom is -0.396 e. The van der Waals surface area contributed by atoms with Crippen LogP contribution in [0.5, 0.6) is 0 Å². The Balaban J connectivity index is 1.87. The zero-order valence-corrected chi connectivity index (χ0v) is 11.8. The van der Waals surface area contributed by atoms with Gasteiger partial charge >= 0.3 is 0 Å². The third kappa shape index (κ3) is 4.05. The van der Waals surface area contributed by atoms with Crippen molar-refractivity contribution in [2.45, 2.75) is 37.6 Å². The van der Waals surface area contributed by atoms with Crippen LogP contribution in [0, 0.1) is 5.92 Å². The number of nitrogens with one attached hydrogen (secondary N) is 1. The lowest BCUT2D eigenvalue weighted by Crippen LogP contribution is -2.33. The van der Waals surface area contributed by atoms with Crippen molar-refractivity contribution in [2.24, 2.45) is 11.7 Å². The predicted octanol–water partition coefficient (Wildman–Crippen LogP) is 1.40. The van der Waals surface area contributed by atoms with E-state index >= 15 is 0 Å². The highest BCUT2D eigenvalue weighted by molar-refractivity contribution is 5.79. The van der Waals surface area contributed by atoms with Crippen LogP contribution in [-0.4, -0.2) is 30.2 Å². The fourth-order valence-corrected chi connectivity index (χ4v) is 2.89. The average molecular weight is 276 g/mol. The van der Waals surface area contributed by atoms with Gasteiger partial charge in [0, 0.05) is 31.0 Å². The summed E-state index contributed by atoms with van der Waals surface area (Å²) >= 11 is 0. The van der Waals surface area contributed by atoms with Gasteiger partial charge in [-0.15, -0.1) is 0 Å². The number of carbonyl (C=O) groups is 1. The summed E-state index contributed by atoms with van der Waals surface area (Å²) < 4.78 is 0. The zero-order valence-electron chi connectivity index (χ0n) is 11.8. The zero-order chi connectivity index (χ0) is 14.4. The second-order valence-electron chi connectivity index (χ2n) is 5.64. The molecule has 1 fully saturated rings. The van der Waals surface area contributed by atoms with Crippen LogP contribution in [0.2, 0.25) is 0 Å². The Bertz CT molecular complexity index is 422. The minimum atomic E-state index is 0.0653. The first kappa shape index (κ1) is 15.0. The molecule has 4 heteroatoms. The first-order valence-electron chi connectivity index (χ1n) is 7.39. The standard InChI is InChI=1S/C16H24N2O2/c17-15-7-6-13(10-15)16(20)18-11-14(8-9-19)12-4-2-1-3-5-12/h1-5,13-15,19H,6-11,17H2,(H,18,20). The molecular weight excluding hydrogens is 252 g/mol. The van der Waals surface area contributed by atoms with Crippen LogP contribution < -0.4 is 11.1 Å². The molecule has 3 atom stereocenters. The van der Waals surface area contributed by atoms with Gasteiger partial charge in [0.25, 0.3) is 0 Å². The number of rotatable bonds is 6. The number of aliphatic hydroxyl groups excluding tert-OH is 1. The van der Waals surface area contributed by atoms with Crippen LogP contribution in [0.15, 0.2) is 30.3 Å². The summed E-state index contributed by atoms with van der Waals surface area (Å²) in [5.74, 6) is 0.340. The molecule has 0 heterocycles. The second-order valence-corrected chi connectivity index (χ2v) is 5.64. The number of amides is 1. The Morgan fingerprint density at radius 3 is 2.70 bits per heavy atom. The van der Waals surface area contributed by atoms with E-state index in [2.05, 4.69) is 5.32 Å². The molecule has 3 unspecified atom stereocenters. The Morgan fingerprint density at radius 1 is 1.35 bits per heavy atom. The van der Waals surface area contributed by atoms with E-state index in [1.54, 1.807) is 0 Å². The van der Waals surface area contributed by atoms with Gasteiger partial charge in [-0.25, -0.2) is 0 Å². The van der Waals surface area contributed by atoms with E-state index in [0.717, 1.165) is 24.8 Å². The van der Waals surface area contributed by atoms with Crippen LogP contribution in [0.25, 0.3) is 0 Å². The maximum atomic E-state index is 12.1. The highest BCUT2D eigenvalue weighted by Crippen LogP contribution is 2.24. The van der Waals surface area contributed by atoms with E-state index in [9.17, 15) is 9.90 Å². The van der Waals surface area contributed by atoms with Crippen molar-refractivity contribution in [3.63, 3.8) is 0 Å². The molecule has 0 radical (unpaired) electrons. The molecule has 4 nitrogen and oxygen atoms in total. The topological polar surface area (TPSA) is 75.4 Å². The molecule has 1 aliphatic carbocycles. The SMILES string of the molecule is NC1CCC(C(=O)NCC(CCO)c2ccccc2)C1. The molecule has 0 aromatic heterocycles. The van der Waals surface area contributed by atoms with Crippen molar-refractivity contribution in [3.8, 4) is 0 Å². The summed E-state index contributed by atoms with van der Waals surface area (Å²) in [4.78, 5) is 12.1. The lowest BCUT2D eigenvalue weighted by atomic mass is 9.95. The monoisotopic (exact) mass is 276 g/mol. The lowest BCUT2D eigenvalue weighted by Gasteiger charge is -2.18. The summed E-state index contributed by atoms with van der Waals surface area (Å²) in [6.07, 6.45) is 3.29. The number of aliphatic hydroxyl groups is 1. The quantitative estimate of drug-likeness (QED) is 0.735. The third-order valence-corrected chi connectivity index (χ3v) is 4.12. The van der Waals surface area contributed by atoms with Gasteiger partial charge in [0.05, 0.1) is 0 Å². The summed E-state index contributed by atoms with van der Waals surface area (Å²) in [5, 5.41) is 12.2. The van der Waals surface area contributed by atoms with Crippen molar-refractivity contribution >= 4 is 5.91 Å². The Hall–Kier alpha value is -1.39. The molecule has 0 spiro atoms. The van der Waals surface area contributed by atoms with E-state index in [4.69, 9.17) is 5.73 Å². The van der Waals surface area contributed by atoms with Gasteiger partial charge in [-0.05, 0) is 31.2 Å². The largest absolute Gasteiger partial charge is 0.396 e. The van der Waals surface area contributed by atoms with Crippen molar-refractivity contribution < 1.29 is 9.90 Å². The van der Waals surface area contributed by atoms with E-state index < -0.39 is 0 Å². The number of hydrogen-bond acceptors (Lipinski definition) is 3. The highest BCUT2D eigenvalue weighted by atomic mass is 16.3. The molecule has 1 saturated carbocycles. The molecule has 4 N–H and O–H groups in total. The van der Waals surface area contributed by atoms with E-state index in [0.29, 0.717) is 13.0 Å². The number of hydrogen-bond donors (Lipinski definition) is 3. The van der Waals surface area contributed by atoms with Gasteiger partial charge in [-0.2, -0.15) is 0 Å². The maximum absolute atomic E-state index is 12.1. The summed E-state index contributed by atoms with van der Waals surface area (Å²) in [5.41, 5.74) is 7.00. The highest BCUT2D eigenvalue weighted by Gasteiger charge is 2.27. The van der Waals surface area contributed by atoms with Crippen molar-refractivity contribution in [3.05, 3.63) is 35.9 Å². The van der Waals surface area contributed by atoms with Gasteiger partial charge in [0.1, 0.15) is 0 Å². The molecule has 0 saturated heterocycles. The molecule has 1 aromatic rings. The van der Waals surface area contributed by atoms with Gasteiger partial charge in [-0.1, -0.05) is 30.3 Å². The molecule has 110 valence electrons. The molecule has 1 aliphatic rings. The number of benzene rings is 1. The fourth-order valence-electron chi connectivity index (χ4n) is 2.89. The van der Waals surface area contributed by atoms with Crippen LogP contribution in [-0.2, 0) is 4.79 Å². The average Bonchev–Trinajstić information content (AvgIpc) is 2.91. The first-order chi connectivity index (χ1) is 9.70. The summed E-state index contributed by atoms with van der Waals surface area (Å²) in [7, 11) is 0. The summed E-state index contributed by atoms with van der Waals surface area (Å²) in [6, 6.07) is 10.2. The molecule has 2 rings (SSSR count). The number of carbonyl (C=O) groups excluding carboxylic acids is 1. The van der Waals surface area contributed by atoms with Crippen molar-refractivity contribution in [1.82, 2.24) is 5.32 Å². The molecule has 0 aliphatic heterocycles. The fraction of sp³-hybridized carbons (Fsp3) is 0.562. The second kappa shape index (κ2) is 7.41. The minimum absolute atomic E-state index is 0.0653. The van der Waals surface area contributed by atoms with Crippen molar-refractivity contribution in [2.75, 3.05) is 13.2 Å². The Kier molecular flexibility index (Phi) is 5.56. The smallest absolute Gasteiger partial charge is 0.223 e. The van der Waals surface area contributed by atoms with Gasteiger partial charge < -0.3 is 16.2 Å². The van der Waals surface area contributed by atoms with E-state index in [1.807, 2.05) is 30.3 Å². The molecule has 20 heavy (non-hydrogen) atoms. The van der Waals surface area contributed by atoms with E-state index in [1.165, 1.54) is 0 Å². The summed E-state index contributed by atoms with van der Waals surface area (Å²) in [6.45, 7) is 0.707. The van der Waals surface area contributed by atoms with Gasteiger partial charge in [0.2, 0.25) is 5.91 Å². The predicted molar refractivity (Wildman–Crippen MR) is 79.2 cm³/mol. The van der Waals surface area contributed by atoms with Crippen LogP contribution in [0.1, 0.15) is 37.2 Å². The number of nitrogens with two attached hydrogens (primary N) is 1. The molecular formula is C16H24N2O2. The first-order valence-corrected chi connectivity index (χ1v) is 7.39.